The first kappa shape index (κ1) is 21.5. The second-order valence-corrected chi connectivity index (χ2v) is 8.34. The number of hydrogen-bond donors (Lipinski definition) is 1. The Kier molecular flexibility index (Phi) is 5.13. The Morgan fingerprint density at radius 3 is 2.55 bits per heavy atom. The summed E-state index contributed by atoms with van der Waals surface area (Å²) in [6.45, 7) is 0.478. The number of carboxylic acids is 1. The summed E-state index contributed by atoms with van der Waals surface area (Å²) in [5.41, 5.74) is 1.55. The third-order valence-electron chi connectivity index (χ3n) is 6.27. The predicted octanol–water partition coefficient (Wildman–Crippen LogP) is 2.02. The van der Waals surface area contributed by atoms with Crippen molar-refractivity contribution in [2.24, 2.45) is 0 Å². The van der Waals surface area contributed by atoms with E-state index < -0.39 is 41.2 Å². The Labute approximate surface area is 187 Å². The van der Waals surface area contributed by atoms with Gasteiger partial charge in [0.1, 0.15) is 24.2 Å². The van der Waals surface area contributed by atoms with Crippen LogP contribution in [0.2, 0.25) is 0 Å². The highest BCUT2D eigenvalue weighted by Crippen LogP contribution is 2.35. The van der Waals surface area contributed by atoms with E-state index in [0.29, 0.717) is 29.9 Å². The maximum absolute atomic E-state index is 14.2. The number of hydrogen-bond acceptors (Lipinski definition) is 5. The first-order valence-corrected chi connectivity index (χ1v) is 10.4. The number of carbonyl (C=O) groups excluding carboxylic acids is 2. The zero-order valence-corrected chi connectivity index (χ0v) is 17.4. The van der Waals surface area contributed by atoms with Crippen LogP contribution in [0.5, 0.6) is 0 Å². The number of halogens is 2. The number of fused-ring (bicyclic) bond motifs is 1. The Morgan fingerprint density at radius 1 is 1.09 bits per heavy atom. The molecule has 2 amide bonds. The van der Waals surface area contributed by atoms with Crippen molar-refractivity contribution in [3.8, 4) is 11.1 Å². The van der Waals surface area contributed by atoms with Crippen molar-refractivity contribution in [3.05, 3.63) is 59.2 Å². The zero-order valence-electron chi connectivity index (χ0n) is 17.4. The fourth-order valence-corrected chi connectivity index (χ4v) is 4.66. The third-order valence-corrected chi connectivity index (χ3v) is 6.27. The highest BCUT2D eigenvalue weighted by Gasteiger charge is 2.53. The minimum Gasteiger partial charge on any atom is -0.480 e. The van der Waals surface area contributed by atoms with Crippen molar-refractivity contribution in [1.29, 1.82) is 0 Å². The van der Waals surface area contributed by atoms with Crippen LogP contribution in [0.1, 0.15) is 22.3 Å². The number of benzene rings is 2. The van der Waals surface area contributed by atoms with Gasteiger partial charge in [-0.15, -0.1) is 0 Å². The second kappa shape index (κ2) is 7.89. The molecular formula is C23H20F2N2O6. The highest BCUT2D eigenvalue weighted by atomic mass is 19.1. The average molecular weight is 458 g/mol. The van der Waals surface area contributed by atoms with Gasteiger partial charge in [0.25, 0.3) is 5.91 Å². The molecule has 10 heteroatoms. The monoisotopic (exact) mass is 458 g/mol. The molecule has 0 aliphatic carbocycles. The van der Waals surface area contributed by atoms with Gasteiger partial charge < -0.3 is 24.4 Å². The molecule has 0 radical (unpaired) electrons. The quantitative estimate of drug-likeness (QED) is 0.753. The Morgan fingerprint density at radius 2 is 1.85 bits per heavy atom. The van der Waals surface area contributed by atoms with Gasteiger partial charge in [-0.3, -0.25) is 9.59 Å². The van der Waals surface area contributed by atoms with Crippen molar-refractivity contribution in [3.63, 3.8) is 0 Å². The summed E-state index contributed by atoms with van der Waals surface area (Å²) in [4.78, 5) is 40.2. The zero-order chi connectivity index (χ0) is 23.3. The van der Waals surface area contributed by atoms with Crippen molar-refractivity contribution >= 4 is 17.8 Å². The van der Waals surface area contributed by atoms with Crippen LogP contribution in [-0.4, -0.2) is 70.8 Å². The molecule has 8 nitrogen and oxygen atoms in total. The Balaban J connectivity index is 1.33. The van der Waals surface area contributed by atoms with Crippen molar-refractivity contribution in [2.45, 2.75) is 24.8 Å². The van der Waals surface area contributed by atoms with E-state index in [9.17, 15) is 28.3 Å². The van der Waals surface area contributed by atoms with E-state index in [1.54, 1.807) is 12.1 Å². The summed E-state index contributed by atoms with van der Waals surface area (Å²) in [7, 11) is 0. The van der Waals surface area contributed by atoms with Gasteiger partial charge in [-0.2, -0.15) is 0 Å². The molecule has 0 saturated carbocycles. The number of aliphatic carboxylic acids is 1. The fraction of sp³-hybridized carbons (Fsp3) is 0.348. The van der Waals surface area contributed by atoms with Gasteiger partial charge in [0, 0.05) is 30.2 Å². The topological polar surface area (TPSA) is 96.4 Å². The molecule has 2 saturated heterocycles. The Hall–Kier alpha value is -3.37. The average Bonchev–Trinajstić information content (AvgIpc) is 3.47. The van der Waals surface area contributed by atoms with E-state index in [0.717, 1.165) is 12.1 Å². The van der Waals surface area contributed by atoms with Crippen LogP contribution < -0.4 is 0 Å². The lowest BCUT2D eigenvalue weighted by atomic mass is 10.00. The molecule has 1 N–H and O–H groups in total. The Bertz CT molecular complexity index is 1160. The number of carboxylic acid groups (broad SMARTS) is 1. The van der Waals surface area contributed by atoms with Gasteiger partial charge in [-0.1, -0.05) is 12.1 Å². The lowest BCUT2D eigenvalue weighted by Crippen LogP contribution is -2.46. The van der Waals surface area contributed by atoms with E-state index in [1.165, 1.54) is 21.9 Å². The lowest BCUT2D eigenvalue weighted by Gasteiger charge is -2.25. The number of nitrogens with zero attached hydrogens (tertiary/aromatic N) is 2. The first-order valence-electron chi connectivity index (χ1n) is 10.4. The van der Waals surface area contributed by atoms with Crippen molar-refractivity contribution in [1.82, 2.24) is 9.80 Å². The first-order chi connectivity index (χ1) is 15.8. The van der Waals surface area contributed by atoms with Gasteiger partial charge in [-0.05, 0) is 29.3 Å². The van der Waals surface area contributed by atoms with E-state index in [2.05, 4.69) is 0 Å². The van der Waals surface area contributed by atoms with Crippen molar-refractivity contribution < 1.29 is 37.7 Å². The highest BCUT2D eigenvalue weighted by molar-refractivity contribution is 6.01. The van der Waals surface area contributed by atoms with Gasteiger partial charge in [0.05, 0.1) is 19.8 Å². The van der Waals surface area contributed by atoms with Crippen LogP contribution in [-0.2, 0) is 25.6 Å². The molecule has 0 aromatic heterocycles. The molecule has 1 spiro atoms. The molecule has 2 fully saturated rings. The molecule has 3 aliphatic rings. The second-order valence-electron chi connectivity index (χ2n) is 8.34. The third kappa shape index (κ3) is 3.75. The smallest absolute Gasteiger partial charge is 0.326 e. The summed E-state index contributed by atoms with van der Waals surface area (Å²) in [5.74, 6) is -4.67. The molecular weight excluding hydrogens is 438 g/mol. The van der Waals surface area contributed by atoms with Crippen LogP contribution in [0.15, 0.2) is 36.4 Å². The molecule has 33 heavy (non-hydrogen) atoms. The maximum Gasteiger partial charge on any atom is 0.326 e. The number of ether oxygens (including phenoxy) is 2. The molecule has 5 rings (SSSR count). The van der Waals surface area contributed by atoms with Crippen LogP contribution >= 0.6 is 0 Å². The maximum atomic E-state index is 14.2. The molecule has 1 atom stereocenters. The number of likely N-dealkylation sites (tertiary alicyclic amines) is 1. The minimum absolute atomic E-state index is 0.0221. The molecule has 0 bridgehead atoms. The van der Waals surface area contributed by atoms with E-state index in [4.69, 9.17) is 9.47 Å². The molecule has 3 heterocycles. The van der Waals surface area contributed by atoms with Crippen molar-refractivity contribution in [2.75, 3.05) is 26.3 Å². The van der Waals surface area contributed by atoms with Gasteiger partial charge in [0.15, 0.2) is 5.79 Å². The van der Waals surface area contributed by atoms with Gasteiger partial charge in [0.2, 0.25) is 5.91 Å². The molecule has 2 aromatic rings. The number of rotatable bonds is 4. The summed E-state index contributed by atoms with van der Waals surface area (Å²) < 4.78 is 38.5. The summed E-state index contributed by atoms with van der Waals surface area (Å²) in [6.07, 6.45) is 0.0227. The summed E-state index contributed by atoms with van der Waals surface area (Å²) in [5, 5.41) is 9.57. The lowest BCUT2D eigenvalue weighted by molar-refractivity contribution is -0.152. The molecule has 2 aromatic carbocycles. The summed E-state index contributed by atoms with van der Waals surface area (Å²) >= 11 is 0. The normalized spacial score (nSPS) is 21.2. The van der Waals surface area contributed by atoms with Crippen LogP contribution in [0.4, 0.5) is 8.78 Å². The van der Waals surface area contributed by atoms with Gasteiger partial charge in [-0.25, -0.2) is 13.6 Å². The van der Waals surface area contributed by atoms with E-state index in [-0.39, 0.29) is 31.6 Å². The fourth-order valence-electron chi connectivity index (χ4n) is 4.66. The van der Waals surface area contributed by atoms with Crippen LogP contribution in [0.25, 0.3) is 11.1 Å². The van der Waals surface area contributed by atoms with Crippen LogP contribution in [0, 0.1) is 11.6 Å². The largest absolute Gasteiger partial charge is 0.480 e. The van der Waals surface area contributed by atoms with E-state index in [1.807, 2.05) is 0 Å². The standard InChI is InChI=1S/C23H20F2N2O6/c24-15-3-4-16(18(25)8-15)13-1-2-14-10-26(21(29)17(14)7-13)11-20(28)27-12-23(32-5-6-33-23)9-19(27)22(30)31/h1-4,7-8,19H,5-6,9-12H2,(H,30,31)/t19-/m0/s1. The van der Waals surface area contributed by atoms with Gasteiger partial charge >= 0.3 is 5.97 Å². The van der Waals surface area contributed by atoms with Crippen LogP contribution in [0.3, 0.4) is 0 Å². The number of carbonyl (C=O) groups is 3. The molecule has 172 valence electrons. The molecule has 0 unspecified atom stereocenters. The SMILES string of the molecule is O=C(O)[C@@H]1CC2(CN1C(=O)CN1Cc3ccc(-c4ccc(F)cc4F)cc3C1=O)OCCO2. The van der Waals surface area contributed by atoms with E-state index >= 15 is 0 Å². The number of amides is 2. The molecule has 3 aliphatic heterocycles. The minimum atomic E-state index is -1.17. The predicted molar refractivity (Wildman–Crippen MR) is 109 cm³/mol. The summed E-state index contributed by atoms with van der Waals surface area (Å²) in [6, 6.07) is 6.92.